The quantitative estimate of drug-likeness (QED) is 0.730. The summed E-state index contributed by atoms with van der Waals surface area (Å²) in [6.07, 6.45) is 0. The van der Waals surface area contributed by atoms with Crippen LogP contribution in [-0.4, -0.2) is 24.3 Å². The van der Waals surface area contributed by atoms with Crippen LogP contribution >= 0.6 is 0 Å². The topological polar surface area (TPSA) is 46.5 Å². The van der Waals surface area contributed by atoms with Crippen LogP contribution in [0.5, 0.6) is 0 Å². The second-order valence-electron chi connectivity index (χ2n) is 5.41. The molecule has 23 heavy (non-hydrogen) atoms. The fourth-order valence-electron chi connectivity index (χ4n) is 2.68. The predicted molar refractivity (Wildman–Crippen MR) is 90.5 cm³/mol. The Balaban J connectivity index is 1.79. The van der Waals surface area contributed by atoms with Gasteiger partial charge in [0.05, 0.1) is 12.2 Å². The zero-order chi connectivity index (χ0) is 16.1. The standard InChI is InChI=1S/C20H18O3/c21-13-17(14-23-20(22)16-8-2-1-3-9-16)19-12-6-10-15-7-4-5-11-18(15)19/h1-12,17,21H,13-14H2/t17-/m0/s1. The zero-order valence-electron chi connectivity index (χ0n) is 12.7. The molecule has 0 amide bonds. The molecule has 3 rings (SSSR count). The number of benzene rings is 3. The Kier molecular flexibility index (Phi) is 4.69. The van der Waals surface area contributed by atoms with Gasteiger partial charge in [-0.3, -0.25) is 0 Å². The molecule has 0 unspecified atom stereocenters. The van der Waals surface area contributed by atoms with Crippen LogP contribution in [-0.2, 0) is 4.74 Å². The average molecular weight is 306 g/mol. The molecule has 3 aromatic carbocycles. The highest BCUT2D eigenvalue weighted by atomic mass is 16.5. The molecule has 0 radical (unpaired) electrons. The second kappa shape index (κ2) is 7.07. The molecule has 0 heterocycles. The van der Waals surface area contributed by atoms with Crippen molar-refractivity contribution in [2.75, 3.05) is 13.2 Å². The number of esters is 1. The van der Waals surface area contributed by atoms with Crippen molar-refractivity contribution in [3.63, 3.8) is 0 Å². The number of carbonyl (C=O) groups excluding carboxylic acids is 1. The minimum atomic E-state index is -0.371. The van der Waals surface area contributed by atoms with E-state index in [4.69, 9.17) is 4.74 Å². The number of aliphatic hydroxyl groups excluding tert-OH is 1. The molecule has 1 N–H and O–H groups in total. The summed E-state index contributed by atoms with van der Waals surface area (Å²) in [5, 5.41) is 11.9. The van der Waals surface area contributed by atoms with Crippen LogP contribution in [0.1, 0.15) is 21.8 Å². The summed E-state index contributed by atoms with van der Waals surface area (Å²) in [4.78, 5) is 12.1. The lowest BCUT2D eigenvalue weighted by molar-refractivity contribution is 0.0451. The van der Waals surface area contributed by atoms with E-state index in [1.165, 1.54) is 0 Å². The summed E-state index contributed by atoms with van der Waals surface area (Å²) < 4.78 is 5.39. The van der Waals surface area contributed by atoms with Crippen molar-refractivity contribution in [2.45, 2.75) is 5.92 Å². The van der Waals surface area contributed by atoms with Gasteiger partial charge in [0.1, 0.15) is 6.61 Å². The van der Waals surface area contributed by atoms with Gasteiger partial charge in [-0.15, -0.1) is 0 Å². The number of carbonyl (C=O) groups is 1. The van der Waals surface area contributed by atoms with Crippen LogP contribution in [0.25, 0.3) is 10.8 Å². The maximum atomic E-state index is 12.1. The Labute approximate surface area is 135 Å². The smallest absolute Gasteiger partial charge is 0.338 e. The third kappa shape index (κ3) is 3.41. The molecule has 0 spiro atoms. The van der Waals surface area contributed by atoms with Crippen molar-refractivity contribution in [2.24, 2.45) is 0 Å². The summed E-state index contributed by atoms with van der Waals surface area (Å²) in [5.74, 6) is -0.613. The second-order valence-corrected chi connectivity index (χ2v) is 5.41. The van der Waals surface area contributed by atoms with Crippen LogP contribution in [0.3, 0.4) is 0 Å². The largest absolute Gasteiger partial charge is 0.461 e. The Bertz CT molecular complexity index is 791. The first kappa shape index (κ1) is 15.3. The maximum absolute atomic E-state index is 12.1. The molecule has 3 heteroatoms. The third-order valence-electron chi connectivity index (χ3n) is 3.91. The Morgan fingerprint density at radius 3 is 2.39 bits per heavy atom. The monoisotopic (exact) mass is 306 g/mol. The van der Waals surface area contributed by atoms with Gasteiger partial charge in [-0.1, -0.05) is 60.7 Å². The van der Waals surface area contributed by atoms with E-state index >= 15 is 0 Å². The molecule has 3 nitrogen and oxygen atoms in total. The van der Waals surface area contributed by atoms with E-state index in [1.807, 2.05) is 48.5 Å². The first-order valence-corrected chi connectivity index (χ1v) is 7.60. The summed E-state index contributed by atoms with van der Waals surface area (Å²) in [6.45, 7) is 0.0777. The predicted octanol–water partition coefficient (Wildman–Crippen LogP) is 3.77. The molecular formula is C20H18O3. The Hall–Kier alpha value is -2.65. The lowest BCUT2D eigenvalue weighted by Crippen LogP contribution is -2.16. The van der Waals surface area contributed by atoms with Crippen LogP contribution in [0.2, 0.25) is 0 Å². The summed E-state index contributed by atoms with van der Waals surface area (Å²) >= 11 is 0. The molecule has 0 aliphatic heterocycles. The van der Waals surface area contributed by atoms with E-state index in [0.717, 1.165) is 16.3 Å². The molecule has 116 valence electrons. The van der Waals surface area contributed by atoms with E-state index in [0.29, 0.717) is 5.56 Å². The molecule has 0 bridgehead atoms. The van der Waals surface area contributed by atoms with Gasteiger partial charge >= 0.3 is 5.97 Å². The zero-order valence-corrected chi connectivity index (χ0v) is 12.7. The normalized spacial score (nSPS) is 12.0. The molecule has 1 atom stereocenters. The van der Waals surface area contributed by atoms with Crippen LogP contribution < -0.4 is 0 Å². The van der Waals surface area contributed by atoms with Crippen molar-refractivity contribution >= 4 is 16.7 Å². The van der Waals surface area contributed by atoms with E-state index in [-0.39, 0.29) is 25.1 Å². The van der Waals surface area contributed by atoms with E-state index in [1.54, 1.807) is 24.3 Å². The molecule has 0 saturated carbocycles. The highest BCUT2D eigenvalue weighted by Gasteiger charge is 2.16. The van der Waals surface area contributed by atoms with Gasteiger partial charge in [-0.2, -0.15) is 0 Å². The number of aliphatic hydroxyl groups is 1. The Morgan fingerprint density at radius 2 is 1.61 bits per heavy atom. The van der Waals surface area contributed by atoms with Crippen molar-refractivity contribution < 1.29 is 14.6 Å². The fraction of sp³-hybridized carbons (Fsp3) is 0.150. The fourth-order valence-corrected chi connectivity index (χ4v) is 2.68. The highest BCUT2D eigenvalue weighted by Crippen LogP contribution is 2.26. The molecule has 0 aliphatic carbocycles. The van der Waals surface area contributed by atoms with E-state index < -0.39 is 0 Å². The minimum Gasteiger partial charge on any atom is -0.461 e. The lowest BCUT2D eigenvalue weighted by Gasteiger charge is -2.17. The van der Waals surface area contributed by atoms with Crippen LogP contribution in [0, 0.1) is 0 Å². The minimum absolute atomic E-state index is 0.0733. The SMILES string of the molecule is O=C(OC[C@H](CO)c1cccc2ccccc12)c1ccccc1. The summed E-state index contributed by atoms with van der Waals surface area (Å²) in [7, 11) is 0. The van der Waals surface area contributed by atoms with Crippen molar-refractivity contribution in [3.05, 3.63) is 83.9 Å². The average Bonchev–Trinajstić information content (AvgIpc) is 2.63. The van der Waals surface area contributed by atoms with Gasteiger partial charge in [0.25, 0.3) is 0 Å². The third-order valence-corrected chi connectivity index (χ3v) is 3.91. The number of hydrogen-bond donors (Lipinski definition) is 1. The molecule has 0 aromatic heterocycles. The molecular weight excluding hydrogens is 288 g/mol. The Morgan fingerprint density at radius 1 is 0.913 bits per heavy atom. The number of rotatable bonds is 5. The van der Waals surface area contributed by atoms with Crippen molar-refractivity contribution in [1.29, 1.82) is 0 Å². The molecule has 3 aromatic rings. The summed E-state index contributed by atoms with van der Waals surface area (Å²) in [5.41, 5.74) is 1.51. The number of hydrogen-bond acceptors (Lipinski definition) is 3. The maximum Gasteiger partial charge on any atom is 0.338 e. The summed E-state index contributed by atoms with van der Waals surface area (Å²) in [6, 6.07) is 22.8. The van der Waals surface area contributed by atoms with Gasteiger partial charge in [0, 0.05) is 5.92 Å². The first-order chi connectivity index (χ1) is 11.3. The molecule has 0 fully saturated rings. The van der Waals surface area contributed by atoms with Gasteiger partial charge < -0.3 is 9.84 Å². The van der Waals surface area contributed by atoms with Gasteiger partial charge in [0.15, 0.2) is 0 Å². The van der Waals surface area contributed by atoms with Gasteiger partial charge in [0.2, 0.25) is 0 Å². The van der Waals surface area contributed by atoms with Crippen LogP contribution in [0.4, 0.5) is 0 Å². The lowest BCUT2D eigenvalue weighted by atomic mass is 9.94. The highest BCUT2D eigenvalue weighted by molar-refractivity contribution is 5.89. The molecule has 0 aliphatic rings. The van der Waals surface area contributed by atoms with Gasteiger partial charge in [-0.05, 0) is 28.5 Å². The van der Waals surface area contributed by atoms with E-state index in [9.17, 15) is 9.90 Å². The number of fused-ring (bicyclic) bond motifs is 1. The van der Waals surface area contributed by atoms with Crippen LogP contribution in [0.15, 0.2) is 72.8 Å². The van der Waals surface area contributed by atoms with Crippen molar-refractivity contribution in [1.82, 2.24) is 0 Å². The van der Waals surface area contributed by atoms with E-state index in [2.05, 4.69) is 0 Å². The van der Waals surface area contributed by atoms with Crippen molar-refractivity contribution in [3.8, 4) is 0 Å². The van der Waals surface area contributed by atoms with Gasteiger partial charge in [-0.25, -0.2) is 4.79 Å². The molecule has 0 saturated heterocycles. The first-order valence-electron chi connectivity index (χ1n) is 7.60. The number of ether oxygens (including phenoxy) is 1.